The van der Waals surface area contributed by atoms with Gasteiger partial charge in [0.25, 0.3) is 0 Å². The van der Waals surface area contributed by atoms with Crippen LogP contribution < -0.4 is 14.8 Å². The first-order valence-electron chi connectivity index (χ1n) is 7.31. The van der Waals surface area contributed by atoms with E-state index in [0.29, 0.717) is 19.5 Å². The normalized spacial score (nSPS) is 13.1. The van der Waals surface area contributed by atoms with Crippen molar-refractivity contribution in [1.29, 1.82) is 0 Å². The zero-order chi connectivity index (χ0) is 15.7. The summed E-state index contributed by atoms with van der Waals surface area (Å²) in [5.41, 5.74) is 1.05. The van der Waals surface area contributed by atoms with Crippen LogP contribution in [0.3, 0.4) is 0 Å². The van der Waals surface area contributed by atoms with Gasteiger partial charge in [-0.3, -0.25) is 0 Å². The van der Waals surface area contributed by atoms with E-state index in [-0.39, 0.29) is 0 Å². The second-order valence-corrected chi connectivity index (χ2v) is 7.24. The molecule has 0 aliphatic carbocycles. The van der Waals surface area contributed by atoms with E-state index < -0.39 is 15.3 Å². The minimum Gasteiger partial charge on any atom is -0.497 e. The Hall–Kier alpha value is -1.11. The van der Waals surface area contributed by atoms with Gasteiger partial charge in [0.15, 0.2) is 0 Å². The predicted molar refractivity (Wildman–Crippen MR) is 86.2 cm³/mol. The molecule has 1 unspecified atom stereocenters. The fraction of sp³-hybridized carbons (Fsp3) is 0.600. The highest BCUT2D eigenvalue weighted by molar-refractivity contribution is 7.90. The lowest BCUT2D eigenvalue weighted by molar-refractivity contribution is 0.414. The molecule has 0 aromatic heterocycles. The maximum atomic E-state index is 12.1. The second kappa shape index (κ2) is 9.02. The number of sulfonamides is 1. The molecule has 1 aromatic rings. The van der Waals surface area contributed by atoms with Crippen molar-refractivity contribution in [3.63, 3.8) is 0 Å². The minimum absolute atomic E-state index is 0.396. The van der Waals surface area contributed by atoms with E-state index in [1.165, 1.54) is 0 Å². The summed E-state index contributed by atoms with van der Waals surface area (Å²) in [4.78, 5) is 0. The molecule has 0 saturated carbocycles. The van der Waals surface area contributed by atoms with E-state index in [0.717, 1.165) is 24.3 Å². The van der Waals surface area contributed by atoms with Gasteiger partial charge in [-0.2, -0.15) is 0 Å². The maximum Gasteiger partial charge on any atom is 0.215 e. The van der Waals surface area contributed by atoms with Crippen LogP contribution in [0.5, 0.6) is 5.75 Å². The van der Waals surface area contributed by atoms with Gasteiger partial charge in [-0.05, 0) is 44.0 Å². The van der Waals surface area contributed by atoms with Gasteiger partial charge in [0.2, 0.25) is 10.0 Å². The molecule has 120 valence electrons. The summed E-state index contributed by atoms with van der Waals surface area (Å²) in [5.74, 6) is 0.785. The predicted octanol–water partition coefficient (Wildman–Crippen LogP) is 1.55. The highest BCUT2D eigenvalue weighted by Crippen LogP contribution is 2.12. The molecule has 0 aliphatic heterocycles. The van der Waals surface area contributed by atoms with Crippen molar-refractivity contribution in [1.82, 2.24) is 10.0 Å². The van der Waals surface area contributed by atoms with Crippen LogP contribution in [0.2, 0.25) is 0 Å². The molecule has 0 heterocycles. The van der Waals surface area contributed by atoms with E-state index in [4.69, 9.17) is 4.74 Å². The summed E-state index contributed by atoms with van der Waals surface area (Å²) in [7, 11) is -1.65. The Balaban J connectivity index is 2.42. The van der Waals surface area contributed by atoms with Crippen molar-refractivity contribution >= 4 is 10.0 Å². The van der Waals surface area contributed by atoms with Crippen LogP contribution in [0.4, 0.5) is 0 Å². The standard InChI is InChI=1S/C15H26N2O3S/c1-4-9-16-12-13(2)21(18,19)17-10-8-14-6-5-7-15(11-14)20-3/h5-7,11,13,16-17H,4,8-10,12H2,1-3H3. The molecule has 0 amide bonds. The fourth-order valence-corrected chi connectivity index (χ4v) is 2.91. The summed E-state index contributed by atoms with van der Waals surface area (Å²) < 4.78 is 31.9. The Morgan fingerprint density at radius 1 is 1.29 bits per heavy atom. The topological polar surface area (TPSA) is 67.4 Å². The SMILES string of the molecule is CCCNCC(C)S(=O)(=O)NCCc1cccc(OC)c1. The number of hydrogen-bond donors (Lipinski definition) is 2. The lowest BCUT2D eigenvalue weighted by Gasteiger charge is -2.14. The Labute approximate surface area is 128 Å². The van der Waals surface area contributed by atoms with Gasteiger partial charge in [-0.15, -0.1) is 0 Å². The molecule has 0 bridgehead atoms. The van der Waals surface area contributed by atoms with Crippen LogP contribution in [0.1, 0.15) is 25.8 Å². The highest BCUT2D eigenvalue weighted by Gasteiger charge is 2.19. The maximum absolute atomic E-state index is 12.1. The summed E-state index contributed by atoms with van der Waals surface area (Å²) in [6.07, 6.45) is 1.64. The van der Waals surface area contributed by atoms with E-state index >= 15 is 0 Å². The lowest BCUT2D eigenvalue weighted by atomic mass is 10.1. The molecular weight excluding hydrogens is 288 g/mol. The van der Waals surface area contributed by atoms with E-state index in [9.17, 15) is 8.42 Å². The van der Waals surface area contributed by atoms with E-state index in [1.807, 2.05) is 24.3 Å². The second-order valence-electron chi connectivity index (χ2n) is 5.06. The Morgan fingerprint density at radius 3 is 2.71 bits per heavy atom. The molecule has 2 N–H and O–H groups in total. The van der Waals surface area contributed by atoms with Crippen LogP contribution in [-0.4, -0.2) is 40.4 Å². The molecular formula is C15H26N2O3S. The molecule has 0 fully saturated rings. The van der Waals surface area contributed by atoms with Gasteiger partial charge in [0.1, 0.15) is 5.75 Å². The first-order chi connectivity index (χ1) is 9.99. The van der Waals surface area contributed by atoms with E-state index in [1.54, 1.807) is 14.0 Å². The number of ether oxygens (including phenoxy) is 1. The Kier molecular flexibility index (Phi) is 7.71. The largest absolute Gasteiger partial charge is 0.497 e. The van der Waals surface area contributed by atoms with Crippen LogP contribution >= 0.6 is 0 Å². The number of nitrogens with one attached hydrogen (secondary N) is 2. The molecule has 1 aromatic carbocycles. The average Bonchev–Trinajstić information content (AvgIpc) is 2.47. The smallest absolute Gasteiger partial charge is 0.215 e. The third-order valence-corrected chi connectivity index (χ3v) is 5.07. The number of benzene rings is 1. The van der Waals surface area contributed by atoms with Gasteiger partial charge >= 0.3 is 0 Å². The van der Waals surface area contributed by atoms with Crippen molar-refractivity contribution in [2.75, 3.05) is 26.7 Å². The van der Waals surface area contributed by atoms with Gasteiger partial charge in [0, 0.05) is 13.1 Å². The number of rotatable bonds is 10. The van der Waals surface area contributed by atoms with Gasteiger partial charge < -0.3 is 10.1 Å². The molecule has 21 heavy (non-hydrogen) atoms. The summed E-state index contributed by atoms with van der Waals surface area (Å²) in [5, 5.41) is 2.69. The zero-order valence-electron chi connectivity index (χ0n) is 13.1. The summed E-state index contributed by atoms with van der Waals surface area (Å²) in [6, 6.07) is 7.65. The number of hydrogen-bond acceptors (Lipinski definition) is 4. The van der Waals surface area contributed by atoms with Gasteiger partial charge in [-0.25, -0.2) is 13.1 Å². The molecule has 6 heteroatoms. The van der Waals surface area contributed by atoms with Crippen molar-refractivity contribution in [3.05, 3.63) is 29.8 Å². The summed E-state index contributed by atoms with van der Waals surface area (Å²) >= 11 is 0. The van der Waals surface area contributed by atoms with Crippen molar-refractivity contribution < 1.29 is 13.2 Å². The van der Waals surface area contributed by atoms with Crippen LogP contribution in [0.15, 0.2) is 24.3 Å². The lowest BCUT2D eigenvalue weighted by Crippen LogP contribution is -2.39. The van der Waals surface area contributed by atoms with Gasteiger partial charge in [0.05, 0.1) is 12.4 Å². The molecule has 5 nitrogen and oxygen atoms in total. The molecule has 0 aliphatic rings. The first-order valence-corrected chi connectivity index (χ1v) is 8.86. The van der Waals surface area contributed by atoms with Crippen LogP contribution in [-0.2, 0) is 16.4 Å². The molecule has 1 atom stereocenters. The molecule has 0 radical (unpaired) electrons. The Morgan fingerprint density at radius 2 is 2.05 bits per heavy atom. The van der Waals surface area contributed by atoms with Gasteiger partial charge in [-0.1, -0.05) is 19.1 Å². The first kappa shape index (κ1) is 17.9. The molecule has 0 saturated heterocycles. The quantitative estimate of drug-likeness (QED) is 0.643. The van der Waals surface area contributed by atoms with Crippen LogP contribution in [0, 0.1) is 0 Å². The van der Waals surface area contributed by atoms with Crippen LogP contribution in [0.25, 0.3) is 0 Å². The fourth-order valence-electron chi connectivity index (χ4n) is 1.90. The monoisotopic (exact) mass is 314 g/mol. The molecule has 1 rings (SSSR count). The average molecular weight is 314 g/mol. The van der Waals surface area contributed by atoms with Crippen molar-refractivity contribution in [3.8, 4) is 5.75 Å². The number of methoxy groups -OCH3 is 1. The van der Waals surface area contributed by atoms with Crippen molar-refractivity contribution in [2.24, 2.45) is 0 Å². The molecule has 0 spiro atoms. The minimum atomic E-state index is -3.27. The summed E-state index contributed by atoms with van der Waals surface area (Å²) in [6.45, 7) is 5.48. The Bertz CT molecular complexity index is 517. The van der Waals surface area contributed by atoms with Crippen molar-refractivity contribution in [2.45, 2.75) is 31.9 Å². The zero-order valence-corrected chi connectivity index (χ0v) is 13.9. The highest BCUT2D eigenvalue weighted by atomic mass is 32.2. The third kappa shape index (κ3) is 6.46. The third-order valence-electron chi connectivity index (χ3n) is 3.24. The van der Waals surface area contributed by atoms with E-state index in [2.05, 4.69) is 17.0 Å².